The molecular weight excluding hydrogens is 2240 g/mol. The van der Waals surface area contributed by atoms with Gasteiger partial charge in [-0.3, -0.25) is 4.79 Å². The molecule has 8 aliphatic rings. The van der Waals surface area contributed by atoms with Crippen LogP contribution >= 0.6 is 93.0 Å². The van der Waals surface area contributed by atoms with Crippen LogP contribution in [0.2, 0.25) is 0 Å². The number of aliphatic hydroxyl groups is 1. The van der Waals surface area contributed by atoms with Gasteiger partial charge in [0.05, 0.1) is 5.76 Å². The van der Waals surface area contributed by atoms with Crippen LogP contribution in [0.1, 0.15) is 47.2 Å². The van der Waals surface area contributed by atoms with Crippen molar-refractivity contribution in [2.45, 2.75) is 13.8 Å². The van der Waals surface area contributed by atoms with Gasteiger partial charge in [0, 0.05) is 116 Å². The predicted octanol–water partition coefficient (Wildman–Crippen LogP) is 27.6. The Bertz CT molecular complexity index is 4580. The molecule has 0 amide bonds. The molecule has 9 aromatic rings. The number of carbonyl (C=O) groups excluding carboxylic acids is 1. The minimum Gasteiger partial charge on any atom is -0.665 e. The molecule has 0 saturated carbocycles. The van der Waals surface area contributed by atoms with Crippen LogP contribution in [0.4, 0.5) is 34.1 Å². The van der Waals surface area contributed by atoms with Crippen LogP contribution in [0, 0.1) is 6.07 Å². The van der Waals surface area contributed by atoms with Crippen LogP contribution < -0.4 is 10.4 Å². The largest absolute Gasteiger partial charge is 3.00 e. The molecule has 109 heavy (non-hydrogen) atoms. The molecule has 8 aliphatic heterocycles. The Kier molecular flexibility index (Phi) is 46.3. The third-order valence-corrected chi connectivity index (χ3v) is 15.4. The Morgan fingerprint density at radius 3 is 1.03 bits per heavy atom. The summed E-state index contributed by atoms with van der Waals surface area (Å²) in [4.78, 5) is 14.2. The van der Waals surface area contributed by atoms with Gasteiger partial charge in [-0.05, 0) is 80.6 Å². The van der Waals surface area contributed by atoms with E-state index in [1.54, 1.807) is 18.6 Å². The van der Waals surface area contributed by atoms with Crippen LogP contribution in [0.3, 0.4) is 0 Å². The molecule has 0 aliphatic carbocycles. The molecule has 0 saturated heterocycles. The van der Waals surface area contributed by atoms with Crippen LogP contribution in [0.15, 0.2) is 362 Å². The second-order valence-corrected chi connectivity index (χ2v) is 22.2. The first-order valence-electron chi connectivity index (χ1n) is 31.9. The number of allylic oxidation sites excluding steroid dienone is 14. The summed E-state index contributed by atoms with van der Waals surface area (Å²) in [7, 11) is 16.4. The molecule has 0 atom stereocenters. The number of nitrogens with zero attached hydrogens (tertiary/aromatic N) is 9. The topological polar surface area (TPSA) is 163 Å². The molecule has 567 valence electrons. The molecule has 3 radical (unpaired) electrons. The van der Waals surface area contributed by atoms with E-state index in [1.807, 2.05) is 201 Å². The standard InChI is InChI=1S/C24H16N2.2C18H12N2.C11H8N.C10H8N2.C5H8O2.2Cl2.4ClH.4Ir/c1-3-7-17(8-4-1)19-13-15-25-23-21(19)11-12-22-20(14-16-26-24(22)23)18-9-5-2-6-10-18;2*1-3-7-15-13(5-1)9-11-17(19-15)18-12-10-14-6-2-4-8-16(14)20-18;1-2-6-10(7-3-1)11-8-4-5-9-12-11;1-3-7-11-9(5-1)10-6-2-4-8-12-10;1-4(6)3-5(2)7;2*1-2;;;;;;;;/h1-16H;2*1-12H;1-6,8-9H;1-8H;3,6H,1-2H3;;;4*1H;;;;/q3*-2;-1;-2;;;;;;;;;;;+3. The Hall–Kier alpha value is -8.20. The molecule has 23 heteroatoms. The molecular formula is C86H68Cl8Ir4N9O2-6. The number of carbonyl (C=O) groups is 1. The molecule has 1 N–H and O–H groups in total. The number of aromatic nitrogens is 1. The van der Waals surface area contributed by atoms with Gasteiger partial charge in [-0.1, -0.05) is 279 Å². The van der Waals surface area contributed by atoms with E-state index in [2.05, 4.69) is 218 Å². The number of rotatable bonds is 4. The Balaban J connectivity index is 0.000000449. The van der Waals surface area contributed by atoms with Crippen molar-refractivity contribution in [2.75, 3.05) is 0 Å². The number of ketones is 1. The van der Waals surface area contributed by atoms with Crippen molar-refractivity contribution in [1.29, 1.82) is 0 Å². The zero-order valence-corrected chi connectivity index (χ0v) is 73.6. The van der Waals surface area contributed by atoms with Crippen LogP contribution in [-0.2, 0) is 85.2 Å². The van der Waals surface area contributed by atoms with Gasteiger partial charge in [0.25, 0.3) is 0 Å². The Labute approximate surface area is 735 Å². The van der Waals surface area contributed by atoms with Gasteiger partial charge < -0.3 is 52.6 Å². The molecule has 8 aromatic carbocycles. The van der Waals surface area contributed by atoms with Crippen molar-refractivity contribution in [3.05, 3.63) is 455 Å². The third-order valence-electron chi connectivity index (χ3n) is 15.4. The molecule has 0 spiro atoms. The van der Waals surface area contributed by atoms with Crippen LogP contribution in [0.25, 0.3) is 89.2 Å². The second kappa shape index (κ2) is 52.1. The maximum Gasteiger partial charge on any atom is 3.00 e. The van der Waals surface area contributed by atoms with Gasteiger partial charge in [-0.2, -0.15) is 59.0 Å². The number of aliphatic hydroxyl groups excluding tert-OH is 1. The van der Waals surface area contributed by atoms with E-state index in [1.165, 1.54) is 42.2 Å². The summed E-state index contributed by atoms with van der Waals surface area (Å²) in [6, 6.07) is 74.5. The van der Waals surface area contributed by atoms with Gasteiger partial charge in [-0.15, -0.1) is 120 Å². The molecule has 17 rings (SSSR count). The van der Waals surface area contributed by atoms with Crippen molar-refractivity contribution in [1.82, 2.24) is 4.98 Å². The zero-order chi connectivity index (χ0) is 70.4. The molecule has 0 fully saturated rings. The summed E-state index contributed by atoms with van der Waals surface area (Å²) in [5.74, 6) is -0.0625. The van der Waals surface area contributed by atoms with Gasteiger partial charge in [0.15, 0.2) is 5.78 Å². The van der Waals surface area contributed by atoms with E-state index in [4.69, 9.17) is 5.11 Å². The SMILES string of the molecule is C1=CC(c2ccccc2)=c2ccc3c(c2[N-]1)[N-]C=CC=3c1ccccc1.C1=C[N-]C(=C2C=CC=C[N-]2)C=C1.C1=Cc2ccccc2[N-]C1=C1C=Cc2ccccc2[N-]1.C1=Cc2ccccc2[N-]C1=C1C=Cc2ccccc2[N-]1.CC(=O)C=C(C)O.Cl.Cl.Cl.Cl.ClCl.ClCl.[Ir+3].[Ir].[Ir].[Ir].[c-]1ccccc1-c1ccccn1. The first-order chi connectivity index (χ1) is 49.8. The number of hydrogen-bond donors (Lipinski definition) is 1. The minimum atomic E-state index is -0.125. The van der Waals surface area contributed by atoms with Crippen molar-refractivity contribution >= 4 is 168 Å². The van der Waals surface area contributed by atoms with Crippen molar-refractivity contribution < 1.29 is 90.3 Å². The van der Waals surface area contributed by atoms with E-state index in [0.29, 0.717) is 0 Å². The van der Waals surface area contributed by atoms with Crippen LogP contribution in [0.5, 0.6) is 0 Å². The number of benzene rings is 8. The van der Waals surface area contributed by atoms with Gasteiger partial charge in [0.1, 0.15) is 0 Å². The van der Waals surface area contributed by atoms with Gasteiger partial charge in [-0.25, -0.2) is 0 Å². The Morgan fingerprint density at radius 1 is 0.376 bits per heavy atom. The second-order valence-electron chi connectivity index (χ2n) is 22.2. The fourth-order valence-electron chi connectivity index (χ4n) is 10.8. The van der Waals surface area contributed by atoms with Crippen LogP contribution in [-0.4, -0.2) is 15.9 Å². The Morgan fingerprint density at radius 2 is 0.725 bits per heavy atom. The molecule has 0 bridgehead atoms. The summed E-state index contributed by atoms with van der Waals surface area (Å²) in [6.45, 7) is 2.85. The minimum absolute atomic E-state index is 0. The van der Waals surface area contributed by atoms with E-state index in [0.717, 1.165) is 112 Å². The van der Waals surface area contributed by atoms with E-state index >= 15 is 0 Å². The molecule has 9 heterocycles. The molecule has 11 nitrogen and oxygen atoms in total. The van der Waals surface area contributed by atoms with E-state index < -0.39 is 0 Å². The maximum absolute atomic E-state index is 10.0. The average Bonchev–Trinajstić information content (AvgIpc) is 0.761. The quantitative estimate of drug-likeness (QED) is 0.106. The van der Waals surface area contributed by atoms with Gasteiger partial charge >= 0.3 is 20.1 Å². The monoisotopic (exact) mass is 2310 g/mol. The number of fused-ring (bicyclic) bond motifs is 7. The number of para-hydroxylation sites is 4. The summed E-state index contributed by atoms with van der Waals surface area (Å²) in [5, 5.41) is 47.1. The van der Waals surface area contributed by atoms with Crippen molar-refractivity contribution in [3.63, 3.8) is 0 Å². The third kappa shape index (κ3) is 28.0. The normalized spacial score (nSPS) is 15.0. The summed E-state index contributed by atoms with van der Waals surface area (Å²) in [5.41, 5.74) is 22.7. The van der Waals surface area contributed by atoms with E-state index in [9.17, 15) is 4.79 Å². The van der Waals surface area contributed by atoms with E-state index in [-0.39, 0.29) is 142 Å². The van der Waals surface area contributed by atoms with Gasteiger partial charge in [0.2, 0.25) is 0 Å². The fraction of sp³-hybridized carbons (Fsp3) is 0.0233. The predicted molar refractivity (Wildman–Crippen MR) is 454 cm³/mol. The summed E-state index contributed by atoms with van der Waals surface area (Å²) >= 11 is 0. The first-order valence-corrected chi connectivity index (χ1v) is 34.1. The summed E-state index contributed by atoms with van der Waals surface area (Å²) in [6.07, 6.45) is 42.5. The number of hydrogen-bond acceptors (Lipinski definition) is 3. The zero-order valence-electron chi connectivity index (χ0n) is 57.8. The summed E-state index contributed by atoms with van der Waals surface area (Å²) < 4.78 is 0. The van der Waals surface area contributed by atoms with Crippen molar-refractivity contribution in [2.24, 2.45) is 0 Å². The number of pyridine rings is 1. The van der Waals surface area contributed by atoms with Crippen molar-refractivity contribution in [3.8, 4) is 11.3 Å². The smallest absolute Gasteiger partial charge is 0.665 e. The average molecular weight is 2310 g/mol. The number of halogens is 8. The first kappa shape index (κ1) is 96.9. The maximum atomic E-state index is 10.0. The fourth-order valence-corrected chi connectivity index (χ4v) is 10.8. The molecule has 1 aromatic heterocycles. The molecule has 0 unspecified atom stereocenters.